The molecule has 1 unspecified atom stereocenters. The Hall–Kier alpha value is -2.57. The molecule has 1 saturated heterocycles. The first-order valence-electron chi connectivity index (χ1n) is 11.0. The van der Waals surface area contributed by atoms with Gasteiger partial charge in [-0.15, -0.1) is 0 Å². The van der Waals surface area contributed by atoms with Crippen molar-refractivity contribution in [2.75, 3.05) is 53.6 Å². The third-order valence-corrected chi connectivity index (χ3v) is 6.43. The van der Waals surface area contributed by atoms with Gasteiger partial charge >= 0.3 is 0 Å². The zero-order valence-corrected chi connectivity index (χ0v) is 18.9. The summed E-state index contributed by atoms with van der Waals surface area (Å²) in [6.45, 7) is 9.43. The number of carbonyl (C=O) groups is 1. The number of fused-ring (bicyclic) bond motifs is 1. The summed E-state index contributed by atoms with van der Waals surface area (Å²) in [6.07, 6.45) is 0.740. The van der Waals surface area contributed by atoms with Gasteiger partial charge in [0.15, 0.2) is 17.3 Å². The van der Waals surface area contributed by atoms with Crippen LogP contribution in [0.1, 0.15) is 27.0 Å². The molecule has 166 valence electrons. The lowest BCUT2D eigenvalue weighted by Gasteiger charge is -2.37. The second kappa shape index (κ2) is 9.28. The highest BCUT2D eigenvalue weighted by atomic mass is 16.5. The molecule has 1 fully saturated rings. The Morgan fingerprint density at radius 2 is 1.65 bits per heavy atom. The number of hydrogen-bond acceptors (Lipinski definition) is 6. The average molecular weight is 425 g/mol. The van der Waals surface area contributed by atoms with E-state index in [2.05, 4.69) is 41.8 Å². The van der Waals surface area contributed by atoms with Gasteiger partial charge in [-0.25, -0.2) is 0 Å². The number of aryl methyl sites for hydroxylation is 2. The van der Waals surface area contributed by atoms with Crippen molar-refractivity contribution in [1.29, 1.82) is 0 Å². The topological polar surface area (TPSA) is 51.2 Å². The summed E-state index contributed by atoms with van der Waals surface area (Å²) < 4.78 is 16.8. The fourth-order valence-corrected chi connectivity index (χ4v) is 4.64. The first kappa shape index (κ1) is 21.7. The fourth-order valence-electron chi connectivity index (χ4n) is 4.64. The summed E-state index contributed by atoms with van der Waals surface area (Å²) >= 11 is 0. The number of piperazine rings is 1. The Balaban J connectivity index is 1.29. The smallest absolute Gasteiger partial charge is 0.180 e. The van der Waals surface area contributed by atoms with Crippen LogP contribution in [0.15, 0.2) is 30.3 Å². The maximum absolute atomic E-state index is 13.1. The molecular weight excluding hydrogens is 392 g/mol. The van der Waals surface area contributed by atoms with Crippen LogP contribution in [-0.4, -0.2) is 75.2 Å². The summed E-state index contributed by atoms with van der Waals surface area (Å²) in [4.78, 5) is 17.8. The molecule has 31 heavy (non-hydrogen) atoms. The number of methoxy groups -OCH3 is 2. The first-order chi connectivity index (χ1) is 15.0. The molecule has 0 amide bonds. The molecule has 0 bridgehead atoms. The van der Waals surface area contributed by atoms with E-state index in [1.807, 2.05) is 12.1 Å². The molecule has 1 aliphatic heterocycles. The van der Waals surface area contributed by atoms with Gasteiger partial charge in [-0.1, -0.05) is 17.7 Å². The minimum absolute atomic E-state index is 0.0829. The van der Waals surface area contributed by atoms with Crippen LogP contribution in [0, 0.1) is 13.8 Å². The Bertz CT molecular complexity index is 951. The average Bonchev–Trinajstić information content (AvgIpc) is 3.10. The summed E-state index contributed by atoms with van der Waals surface area (Å²) in [6, 6.07) is 9.99. The molecule has 0 spiro atoms. The van der Waals surface area contributed by atoms with E-state index in [4.69, 9.17) is 14.2 Å². The minimum Gasteiger partial charge on any atom is -0.493 e. The van der Waals surface area contributed by atoms with Crippen LogP contribution in [0.2, 0.25) is 0 Å². The quantitative estimate of drug-likeness (QED) is 0.681. The third-order valence-electron chi connectivity index (χ3n) is 6.43. The van der Waals surface area contributed by atoms with Gasteiger partial charge in [0.1, 0.15) is 12.4 Å². The lowest BCUT2D eigenvalue weighted by atomic mass is 10.1. The normalized spacial score (nSPS) is 19.4. The molecule has 4 rings (SSSR count). The number of ketones is 1. The van der Waals surface area contributed by atoms with Crippen molar-refractivity contribution in [3.8, 4) is 17.2 Å². The summed E-state index contributed by atoms with van der Waals surface area (Å²) in [5, 5.41) is 0. The van der Waals surface area contributed by atoms with Gasteiger partial charge in [-0.05, 0) is 49.6 Å². The van der Waals surface area contributed by atoms with E-state index in [9.17, 15) is 4.79 Å². The lowest BCUT2D eigenvalue weighted by Crippen LogP contribution is -2.52. The molecule has 2 aromatic carbocycles. The number of carbonyl (C=O) groups excluding carboxylic acids is 1. The van der Waals surface area contributed by atoms with Crippen molar-refractivity contribution in [2.45, 2.75) is 26.3 Å². The molecule has 1 heterocycles. The summed E-state index contributed by atoms with van der Waals surface area (Å²) in [5.74, 6) is 2.46. The highest BCUT2D eigenvalue weighted by Gasteiger charge is 2.37. The van der Waals surface area contributed by atoms with Crippen molar-refractivity contribution in [2.24, 2.45) is 0 Å². The SMILES string of the molecule is COc1cc2c(cc1OC)C(=O)C(N1CCN(CCOc3ccc(C)cc3C)CC1)C2. The molecule has 6 nitrogen and oxygen atoms in total. The molecule has 0 N–H and O–H groups in total. The van der Waals surface area contributed by atoms with Crippen molar-refractivity contribution in [1.82, 2.24) is 9.80 Å². The minimum atomic E-state index is -0.0829. The Kier molecular flexibility index (Phi) is 6.49. The van der Waals surface area contributed by atoms with Gasteiger partial charge in [-0.3, -0.25) is 14.6 Å². The third kappa shape index (κ3) is 4.55. The Labute approximate surface area is 184 Å². The van der Waals surface area contributed by atoms with Gasteiger partial charge in [0.2, 0.25) is 0 Å². The van der Waals surface area contributed by atoms with E-state index in [-0.39, 0.29) is 11.8 Å². The maximum atomic E-state index is 13.1. The predicted molar refractivity (Wildman–Crippen MR) is 121 cm³/mol. The van der Waals surface area contributed by atoms with Crippen molar-refractivity contribution < 1.29 is 19.0 Å². The van der Waals surface area contributed by atoms with E-state index in [0.717, 1.165) is 56.0 Å². The van der Waals surface area contributed by atoms with E-state index in [1.54, 1.807) is 14.2 Å². The Morgan fingerprint density at radius 3 is 2.32 bits per heavy atom. The number of benzene rings is 2. The summed E-state index contributed by atoms with van der Waals surface area (Å²) in [7, 11) is 3.23. The highest BCUT2D eigenvalue weighted by molar-refractivity contribution is 6.05. The van der Waals surface area contributed by atoms with Gasteiger partial charge in [0.05, 0.1) is 20.3 Å². The largest absolute Gasteiger partial charge is 0.493 e. The fraction of sp³-hybridized carbons (Fsp3) is 0.480. The van der Waals surface area contributed by atoms with Crippen LogP contribution >= 0.6 is 0 Å². The lowest BCUT2D eigenvalue weighted by molar-refractivity contribution is 0.0667. The van der Waals surface area contributed by atoms with Gasteiger partial charge in [-0.2, -0.15) is 0 Å². The van der Waals surface area contributed by atoms with E-state index >= 15 is 0 Å². The Morgan fingerprint density at radius 1 is 0.935 bits per heavy atom. The molecule has 2 aliphatic rings. The monoisotopic (exact) mass is 424 g/mol. The van der Waals surface area contributed by atoms with E-state index < -0.39 is 0 Å². The first-order valence-corrected chi connectivity index (χ1v) is 11.0. The van der Waals surface area contributed by atoms with E-state index in [0.29, 0.717) is 18.1 Å². The van der Waals surface area contributed by atoms with Crippen LogP contribution in [0.25, 0.3) is 0 Å². The van der Waals surface area contributed by atoms with Crippen molar-refractivity contribution in [3.63, 3.8) is 0 Å². The van der Waals surface area contributed by atoms with Gasteiger partial charge in [0.25, 0.3) is 0 Å². The molecule has 0 radical (unpaired) electrons. The second-order valence-electron chi connectivity index (χ2n) is 8.44. The van der Waals surface area contributed by atoms with Crippen LogP contribution in [0.4, 0.5) is 0 Å². The number of rotatable bonds is 7. The van der Waals surface area contributed by atoms with Crippen LogP contribution in [-0.2, 0) is 6.42 Å². The second-order valence-corrected chi connectivity index (χ2v) is 8.44. The molecule has 1 aliphatic carbocycles. The van der Waals surface area contributed by atoms with Crippen LogP contribution < -0.4 is 14.2 Å². The molecule has 0 saturated carbocycles. The molecule has 0 aromatic heterocycles. The number of hydrogen-bond donors (Lipinski definition) is 0. The molecular formula is C25H32N2O4. The molecule has 2 aromatic rings. The highest BCUT2D eigenvalue weighted by Crippen LogP contribution is 2.36. The molecule has 6 heteroatoms. The zero-order chi connectivity index (χ0) is 22.0. The van der Waals surface area contributed by atoms with E-state index in [1.165, 1.54) is 11.1 Å². The van der Waals surface area contributed by atoms with Crippen molar-refractivity contribution in [3.05, 3.63) is 52.6 Å². The standard InChI is InChI=1S/C25H32N2O4/c1-17-5-6-22(18(2)13-17)31-12-11-26-7-9-27(10-8-26)21-14-19-15-23(29-3)24(30-4)16-20(19)25(21)28/h5-6,13,15-16,21H,7-12,14H2,1-4H3. The van der Waals surface area contributed by atoms with Crippen LogP contribution in [0.5, 0.6) is 17.2 Å². The predicted octanol–water partition coefficient (Wildman–Crippen LogP) is 3.12. The maximum Gasteiger partial charge on any atom is 0.180 e. The van der Waals surface area contributed by atoms with Crippen molar-refractivity contribution >= 4 is 5.78 Å². The molecule has 1 atom stereocenters. The number of nitrogens with zero attached hydrogens (tertiary/aromatic N) is 2. The van der Waals surface area contributed by atoms with Gasteiger partial charge < -0.3 is 14.2 Å². The zero-order valence-electron chi connectivity index (χ0n) is 18.9. The van der Waals surface area contributed by atoms with Crippen LogP contribution in [0.3, 0.4) is 0 Å². The van der Waals surface area contributed by atoms with Gasteiger partial charge in [0, 0.05) is 38.3 Å². The number of Topliss-reactive ketones (excluding diaryl/α,β-unsaturated/α-hetero) is 1. The summed E-state index contributed by atoms with van der Waals surface area (Å²) in [5.41, 5.74) is 4.25. The number of ether oxygens (including phenoxy) is 3.